The Labute approximate surface area is 116 Å². The number of alkyl halides is 1. The molecule has 0 aliphatic heterocycles. The molecular weight excluding hydrogens is 292 g/mol. The van der Waals surface area contributed by atoms with Crippen molar-refractivity contribution >= 4 is 15.9 Å². The highest BCUT2D eigenvalue weighted by atomic mass is 79.9. The Kier molecular flexibility index (Phi) is 5.24. The second kappa shape index (κ2) is 7.19. The molecule has 0 unspecified atom stereocenters. The van der Waals surface area contributed by atoms with Gasteiger partial charge in [-0.25, -0.2) is 0 Å². The lowest BCUT2D eigenvalue weighted by Crippen LogP contribution is -2.02. The first kappa shape index (κ1) is 13.1. The molecule has 0 aromatic heterocycles. The molecule has 2 aromatic rings. The Morgan fingerprint density at radius 2 is 1.56 bits per heavy atom. The van der Waals surface area contributed by atoms with Crippen LogP contribution in [0.15, 0.2) is 54.6 Å². The molecule has 0 bridgehead atoms. The number of halogens is 1. The van der Waals surface area contributed by atoms with Gasteiger partial charge in [0, 0.05) is 5.33 Å². The molecule has 3 heteroatoms. The van der Waals surface area contributed by atoms with Gasteiger partial charge in [-0.05, 0) is 23.3 Å². The average molecular weight is 307 g/mol. The molecule has 0 radical (unpaired) electrons. The van der Waals surface area contributed by atoms with Gasteiger partial charge in [-0.3, -0.25) is 0 Å². The van der Waals surface area contributed by atoms with Gasteiger partial charge in [0.2, 0.25) is 0 Å². The van der Waals surface area contributed by atoms with E-state index < -0.39 is 0 Å². The fourth-order valence-electron chi connectivity index (χ4n) is 1.52. The third kappa shape index (κ3) is 4.17. The zero-order chi connectivity index (χ0) is 12.6. The Morgan fingerprint density at radius 3 is 2.22 bits per heavy atom. The van der Waals surface area contributed by atoms with Crippen molar-refractivity contribution in [1.82, 2.24) is 0 Å². The van der Waals surface area contributed by atoms with E-state index in [1.165, 1.54) is 5.56 Å². The van der Waals surface area contributed by atoms with Gasteiger partial charge in [0.25, 0.3) is 0 Å². The summed E-state index contributed by atoms with van der Waals surface area (Å²) < 4.78 is 10.9. The van der Waals surface area contributed by atoms with Gasteiger partial charge < -0.3 is 9.47 Å². The minimum Gasteiger partial charge on any atom is -0.468 e. The Hall–Kier alpha value is -1.32. The summed E-state index contributed by atoms with van der Waals surface area (Å²) in [7, 11) is 0. The maximum atomic E-state index is 5.49. The molecule has 0 saturated carbocycles. The van der Waals surface area contributed by atoms with E-state index in [4.69, 9.17) is 9.47 Å². The van der Waals surface area contributed by atoms with Crippen molar-refractivity contribution in [3.05, 3.63) is 65.7 Å². The number of rotatable bonds is 6. The molecule has 0 aliphatic carbocycles. The molecule has 0 saturated heterocycles. The summed E-state index contributed by atoms with van der Waals surface area (Å²) in [5.41, 5.74) is 2.38. The lowest BCUT2D eigenvalue weighted by Gasteiger charge is -2.07. The second-order valence-electron chi connectivity index (χ2n) is 3.87. The Morgan fingerprint density at radius 1 is 0.833 bits per heavy atom. The zero-order valence-corrected chi connectivity index (χ0v) is 11.6. The summed E-state index contributed by atoms with van der Waals surface area (Å²) in [4.78, 5) is 0. The van der Waals surface area contributed by atoms with E-state index >= 15 is 0 Å². The molecule has 2 rings (SSSR count). The number of benzene rings is 2. The van der Waals surface area contributed by atoms with Crippen LogP contribution in [0.4, 0.5) is 0 Å². The van der Waals surface area contributed by atoms with Crippen LogP contribution in [0.2, 0.25) is 0 Å². The molecule has 0 spiro atoms. The van der Waals surface area contributed by atoms with Crippen molar-refractivity contribution in [2.24, 2.45) is 0 Å². The van der Waals surface area contributed by atoms with Gasteiger partial charge in [0.05, 0.1) is 6.61 Å². The maximum absolute atomic E-state index is 5.49. The first-order valence-corrected chi connectivity index (χ1v) is 6.90. The van der Waals surface area contributed by atoms with Gasteiger partial charge in [0.1, 0.15) is 5.75 Å². The number of hydrogen-bond acceptors (Lipinski definition) is 2. The van der Waals surface area contributed by atoms with Gasteiger partial charge >= 0.3 is 0 Å². The normalized spacial score (nSPS) is 10.3. The molecular formula is C15H15BrO2. The molecule has 94 valence electrons. The number of hydrogen-bond donors (Lipinski definition) is 0. The minimum absolute atomic E-state index is 0.266. The highest BCUT2D eigenvalue weighted by molar-refractivity contribution is 9.08. The van der Waals surface area contributed by atoms with Crippen LogP contribution in [0.5, 0.6) is 5.75 Å². The van der Waals surface area contributed by atoms with Crippen molar-refractivity contribution < 1.29 is 9.47 Å². The first-order chi connectivity index (χ1) is 8.88. The van der Waals surface area contributed by atoms with E-state index in [9.17, 15) is 0 Å². The van der Waals surface area contributed by atoms with E-state index in [1.54, 1.807) is 0 Å². The van der Waals surface area contributed by atoms with Gasteiger partial charge in [-0.2, -0.15) is 0 Å². The molecule has 0 amide bonds. The average Bonchev–Trinajstić information content (AvgIpc) is 2.45. The molecule has 0 aliphatic rings. The quantitative estimate of drug-likeness (QED) is 0.454. The van der Waals surface area contributed by atoms with Crippen LogP contribution in [-0.2, 0) is 16.7 Å². The lowest BCUT2D eigenvalue weighted by atomic mass is 10.2. The largest absolute Gasteiger partial charge is 0.468 e. The van der Waals surface area contributed by atoms with E-state index in [0.29, 0.717) is 6.61 Å². The van der Waals surface area contributed by atoms with Crippen LogP contribution in [0.25, 0.3) is 0 Å². The lowest BCUT2D eigenvalue weighted by molar-refractivity contribution is 0.00504. The molecule has 2 aromatic carbocycles. The van der Waals surface area contributed by atoms with E-state index in [2.05, 4.69) is 15.9 Å². The van der Waals surface area contributed by atoms with Crippen molar-refractivity contribution in [2.75, 3.05) is 6.79 Å². The highest BCUT2D eigenvalue weighted by Gasteiger charge is 1.95. The fourth-order valence-corrected chi connectivity index (χ4v) is 1.89. The molecule has 2 nitrogen and oxygen atoms in total. The molecule has 0 fully saturated rings. The predicted molar refractivity (Wildman–Crippen MR) is 75.8 cm³/mol. The third-order valence-corrected chi connectivity index (χ3v) is 3.15. The van der Waals surface area contributed by atoms with Crippen LogP contribution in [0, 0.1) is 0 Å². The molecule has 0 heterocycles. The van der Waals surface area contributed by atoms with Crippen LogP contribution >= 0.6 is 15.9 Å². The number of ether oxygens (including phenoxy) is 2. The van der Waals surface area contributed by atoms with Crippen molar-refractivity contribution in [1.29, 1.82) is 0 Å². The summed E-state index contributed by atoms with van der Waals surface area (Å²) in [6, 6.07) is 18.0. The Bertz CT molecular complexity index is 454. The van der Waals surface area contributed by atoms with Crippen LogP contribution in [0.3, 0.4) is 0 Å². The summed E-state index contributed by atoms with van der Waals surface area (Å²) in [6.07, 6.45) is 0. The first-order valence-electron chi connectivity index (χ1n) is 5.78. The molecule has 0 atom stereocenters. The SMILES string of the molecule is BrCc1ccc(OCOCc2ccccc2)cc1. The monoisotopic (exact) mass is 306 g/mol. The van der Waals surface area contributed by atoms with Gasteiger partial charge in [0.15, 0.2) is 6.79 Å². The van der Waals surface area contributed by atoms with Gasteiger partial charge in [-0.15, -0.1) is 0 Å². The van der Waals surface area contributed by atoms with E-state index in [-0.39, 0.29) is 6.79 Å². The molecule has 18 heavy (non-hydrogen) atoms. The smallest absolute Gasteiger partial charge is 0.189 e. The summed E-state index contributed by atoms with van der Waals surface area (Å²) >= 11 is 3.41. The highest BCUT2D eigenvalue weighted by Crippen LogP contribution is 2.14. The summed E-state index contributed by atoms with van der Waals surface area (Å²) in [5.74, 6) is 0.827. The topological polar surface area (TPSA) is 18.5 Å². The van der Waals surface area contributed by atoms with Gasteiger partial charge in [-0.1, -0.05) is 58.4 Å². The maximum Gasteiger partial charge on any atom is 0.189 e. The fraction of sp³-hybridized carbons (Fsp3) is 0.200. The van der Waals surface area contributed by atoms with E-state index in [0.717, 1.165) is 16.6 Å². The van der Waals surface area contributed by atoms with Crippen molar-refractivity contribution in [2.45, 2.75) is 11.9 Å². The standard InChI is InChI=1S/C15H15BrO2/c16-10-13-6-8-15(9-7-13)18-12-17-11-14-4-2-1-3-5-14/h1-9H,10-12H2. The van der Waals surface area contributed by atoms with Crippen LogP contribution in [-0.4, -0.2) is 6.79 Å². The van der Waals surface area contributed by atoms with Crippen molar-refractivity contribution in [3.63, 3.8) is 0 Å². The Balaban J connectivity index is 1.72. The predicted octanol–water partition coefficient (Wildman–Crippen LogP) is 4.13. The molecule has 0 N–H and O–H groups in total. The van der Waals surface area contributed by atoms with Crippen LogP contribution in [0.1, 0.15) is 11.1 Å². The third-order valence-electron chi connectivity index (χ3n) is 2.50. The van der Waals surface area contributed by atoms with Crippen LogP contribution < -0.4 is 4.74 Å². The minimum atomic E-state index is 0.266. The second-order valence-corrected chi connectivity index (χ2v) is 4.43. The summed E-state index contributed by atoms with van der Waals surface area (Å²) in [6.45, 7) is 0.836. The zero-order valence-electron chi connectivity index (χ0n) is 10.0. The summed E-state index contributed by atoms with van der Waals surface area (Å²) in [5, 5.41) is 0.859. The van der Waals surface area contributed by atoms with E-state index in [1.807, 2.05) is 54.6 Å². The van der Waals surface area contributed by atoms with Crippen molar-refractivity contribution in [3.8, 4) is 5.75 Å².